The van der Waals surface area contributed by atoms with Crippen LogP contribution < -0.4 is 24.8 Å². The number of hydrogen-bond donors (Lipinski definition) is 0. The summed E-state index contributed by atoms with van der Waals surface area (Å²) in [7, 11) is 0. The van der Waals surface area contributed by atoms with E-state index < -0.39 is 23.5 Å². The first-order valence-electron chi connectivity index (χ1n) is 17.3. The van der Waals surface area contributed by atoms with Gasteiger partial charge in [0, 0.05) is 0 Å². The Bertz CT molecular complexity index is 1700. The molecule has 1 atom stereocenters. The molecular formula is C46H50Cl2F6Zr-6. The summed E-state index contributed by atoms with van der Waals surface area (Å²) in [5, 5.41) is 0. The van der Waals surface area contributed by atoms with Crippen molar-refractivity contribution in [1.82, 2.24) is 0 Å². The number of allylic oxidation sites excluding steroid dienone is 4. The molecular weight excluding hydrogens is 829 g/mol. The van der Waals surface area contributed by atoms with E-state index in [1.165, 1.54) is 87.5 Å². The molecule has 0 fully saturated rings. The van der Waals surface area contributed by atoms with Crippen molar-refractivity contribution >= 4 is 4.21 Å². The molecule has 2 aliphatic carbocycles. The fraction of sp³-hybridized carbons (Fsp3) is 0.370. The number of alkyl halides is 6. The Kier molecular flexibility index (Phi) is 20.6. The number of benzene rings is 4. The summed E-state index contributed by atoms with van der Waals surface area (Å²) in [4.78, 5) is 0. The van der Waals surface area contributed by atoms with Gasteiger partial charge in [0.15, 0.2) is 0 Å². The van der Waals surface area contributed by atoms with E-state index in [0.29, 0.717) is 11.3 Å². The van der Waals surface area contributed by atoms with Crippen LogP contribution in [0, 0.1) is 35.6 Å². The molecule has 4 aromatic carbocycles. The van der Waals surface area contributed by atoms with Crippen LogP contribution >= 0.6 is 0 Å². The predicted octanol–water partition coefficient (Wildman–Crippen LogP) is 7.61. The standard InChI is InChI=1S/C21H25.C10H15.2C7H4F3.CH2.2ClH.Zr/c1-20(2,3)16-7-9-18-14(12-16)11-15-13-17(21(4,5)6)8-10-19(15)18;1-8-5-6-9(7-8)10(2,3)4;2*8-7(9,10)6-4-2-1-3-5-6;;;;/h7-10,12H,11H2,1-6H3;6-8H,1-4H3;2*1-2,4-5H;1H2;2*1H;/q4*-1;;;;/p-2. The van der Waals surface area contributed by atoms with Crippen molar-refractivity contribution in [3.63, 3.8) is 0 Å². The molecule has 0 aromatic heterocycles. The maximum Gasteiger partial charge on any atom is -1.00 e. The summed E-state index contributed by atoms with van der Waals surface area (Å²) in [6.45, 7) is 22.5. The fourth-order valence-electron chi connectivity index (χ4n) is 5.22. The Morgan fingerprint density at radius 1 is 0.636 bits per heavy atom. The molecule has 0 N–H and O–H groups in total. The van der Waals surface area contributed by atoms with Crippen molar-refractivity contribution in [2.75, 3.05) is 0 Å². The number of halogens is 8. The number of rotatable bonds is 0. The average molecular weight is 879 g/mol. The summed E-state index contributed by atoms with van der Waals surface area (Å²) < 4.78 is 73.9. The third-order valence-electron chi connectivity index (χ3n) is 8.33. The van der Waals surface area contributed by atoms with Gasteiger partial charge in [-0.15, -0.1) is 11.1 Å². The fourth-order valence-corrected chi connectivity index (χ4v) is 5.22. The summed E-state index contributed by atoms with van der Waals surface area (Å²) in [5.41, 5.74) is 9.11. The Balaban J connectivity index is 0.000000735. The molecule has 0 heterocycles. The zero-order valence-corrected chi connectivity index (χ0v) is 37.1. The van der Waals surface area contributed by atoms with E-state index >= 15 is 0 Å². The van der Waals surface area contributed by atoms with Gasteiger partial charge < -0.3 is 24.8 Å². The maximum atomic E-state index is 11.8. The zero-order chi connectivity index (χ0) is 40.4. The SMILES string of the molecule is CC(C)(C)c1[c-]c2c(cc1)-c1ccc(C(C)(C)C)cc1C2.CC1[C-]=CC(C(C)(C)C)=C1.FC(F)(F)c1c[c-]ccc1.FC(F)(F)c1c[c-]ccc1.[CH2]=[Zr].[Cl-].[Cl-]. The van der Waals surface area contributed by atoms with Gasteiger partial charge >= 0.3 is 40.8 Å². The Morgan fingerprint density at radius 2 is 1.13 bits per heavy atom. The molecule has 0 radical (unpaired) electrons. The molecule has 0 nitrogen and oxygen atoms in total. The molecule has 9 heteroatoms. The van der Waals surface area contributed by atoms with E-state index in [9.17, 15) is 26.3 Å². The van der Waals surface area contributed by atoms with Crippen LogP contribution in [0.1, 0.15) is 103 Å². The number of hydrogen-bond acceptors (Lipinski definition) is 0. The summed E-state index contributed by atoms with van der Waals surface area (Å²) in [6, 6.07) is 29.2. The van der Waals surface area contributed by atoms with Crippen LogP contribution in [0.5, 0.6) is 0 Å². The molecule has 1 unspecified atom stereocenters. The van der Waals surface area contributed by atoms with Crippen LogP contribution in [0.25, 0.3) is 11.1 Å². The Morgan fingerprint density at radius 3 is 1.45 bits per heavy atom. The van der Waals surface area contributed by atoms with Crippen LogP contribution in [0.4, 0.5) is 26.3 Å². The molecule has 0 spiro atoms. The van der Waals surface area contributed by atoms with E-state index in [0.717, 1.165) is 30.7 Å². The minimum Gasteiger partial charge on any atom is -1.00 e. The molecule has 55 heavy (non-hydrogen) atoms. The molecule has 4 aromatic rings. The maximum absolute atomic E-state index is 11.8. The largest absolute Gasteiger partial charge is 1.00 e. The third-order valence-corrected chi connectivity index (χ3v) is 8.33. The van der Waals surface area contributed by atoms with Crippen molar-refractivity contribution in [3.8, 4) is 11.1 Å². The van der Waals surface area contributed by atoms with E-state index in [4.69, 9.17) is 0 Å². The first-order chi connectivity index (χ1) is 24.4. The first kappa shape index (κ1) is 52.3. The van der Waals surface area contributed by atoms with E-state index in [1.54, 1.807) is 0 Å². The molecule has 0 saturated carbocycles. The minimum absolute atomic E-state index is 0. The van der Waals surface area contributed by atoms with Gasteiger partial charge in [0.25, 0.3) is 0 Å². The van der Waals surface area contributed by atoms with Crippen molar-refractivity contribution in [2.24, 2.45) is 11.3 Å². The number of fused-ring (bicyclic) bond motifs is 3. The van der Waals surface area contributed by atoms with E-state index in [2.05, 4.69) is 140 Å². The molecule has 0 aliphatic heterocycles. The second-order valence-corrected chi connectivity index (χ2v) is 15.9. The molecule has 0 bridgehead atoms. The van der Waals surface area contributed by atoms with Crippen molar-refractivity contribution in [1.29, 1.82) is 0 Å². The van der Waals surface area contributed by atoms with Crippen LogP contribution in [-0.2, 0) is 53.8 Å². The predicted molar refractivity (Wildman–Crippen MR) is 203 cm³/mol. The summed E-state index contributed by atoms with van der Waals surface area (Å²) in [6.07, 6.45) is 0.202. The summed E-state index contributed by atoms with van der Waals surface area (Å²) >= 11 is 1.30. The normalized spacial score (nSPS) is 14.2. The Labute approximate surface area is 353 Å². The first-order valence-corrected chi connectivity index (χ1v) is 19.0. The average Bonchev–Trinajstić information content (AvgIpc) is 3.69. The molecule has 300 valence electrons. The quantitative estimate of drug-likeness (QED) is 0.111. The second kappa shape index (κ2) is 21.7. The van der Waals surface area contributed by atoms with Gasteiger partial charge in [0.1, 0.15) is 0 Å². The monoisotopic (exact) mass is 876 g/mol. The van der Waals surface area contributed by atoms with Crippen molar-refractivity contribution < 1.29 is 75.4 Å². The van der Waals surface area contributed by atoms with Gasteiger partial charge in [-0.3, -0.25) is 6.08 Å². The molecule has 6 rings (SSSR count). The van der Waals surface area contributed by atoms with Crippen LogP contribution in [0.3, 0.4) is 0 Å². The van der Waals surface area contributed by atoms with Gasteiger partial charge in [-0.05, 0) is 28.4 Å². The van der Waals surface area contributed by atoms with Gasteiger partial charge in [-0.1, -0.05) is 115 Å². The summed E-state index contributed by atoms with van der Waals surface area (Å²) in [5.74, 6) is 0.522. The van der Waals surface area contributed by atoms with Gasteiger partial charge in [0.2, 0.25) is 0 Å². The van der Waals surface area contributed by atoms with Crippen LogP contribution in [0.2, 0.25) is 0 Å². The smallest absolute Gasteiger partial charge is 1.00 e. The van der Waals surface area contributed by atoms with Gasteiger partial charge in [-0.25, -0.2) is 6.08 Å². The zero-order valence-electron chi connectivity index (χ0n) is 33.2. The topological polar surface area (TPSA) is 0 Å². The second-order valence-electron chi connectivity index (χ2n) is 15.9. The van der Waals surface area contributed by atoms with Crippen LogP contribution in [0.15, 0.2) is 96.6 Å². The van der Waals surface area contributed by atoms with Crippen molar-refractivity contribution in [2.45, 2.75) is 98.8 Å². The Hall–Kier alpha value is -2.73. The molecule has 0 saturated heterocycles. The van der Waals surface area contributed by atoms with Crippen molar-refractivity contribution in [3.05, 3.63) is 154 Å². The third kappa shape index (κ3) is 16.7. The van der Waals surface area contributed by atoms with E-state index in [-0.39, 0.29) is 35.6 Å². The van der Waals surface area contributed by atoms with Gasteiger partial charge in [-0.2, -0.15) is 122 Å². The minimum atomic E-state index is -4.24. The molecule has 0 amide bonds. The van der Waals surface area contributed by atoms with Crippen LogP contribution in [-0.4, -0.2) is 4.21 Å². The molecule has 2 aliphatic rings. The van der Waals surface area contributed by atoms with E-state index in [1.807, 2.05) is 0 Å². The van der Waals surface area contributed by atoms with Gasteiger partial charge in [0.05, 0.1) is 0 Å².